The summed E-state index contributed by atoms with van der Waals surface area (Å²) in [6.07, 6.45) is 0. The van der Waals surface area contributed by atoms with Crippen molar-refractivity contribution in [1.82, 2.24) is 20.2 Å². The summed E-state index contributed by atoms with van der Waals surface area (Å²) in [7, 11) is -1.72. The van der Waals surface area contributed by atoms with Gasteiger partial charge in [-0.1, -0.05) is 24.3 Å². The Bertz CT molecular complexity index is 1020. The summed E-state index contributed by atoms with van der Waals surface area (Å²) in [5, 5.41) is 11.5. The highest BCUT2D eigenvalue weighted by molar-refractivity contribution is 7.32. The van der Waals surface area contributed by atoms with E-state index in [0.717, 1.165) is 0 Å². The fraction of sp³-hybridized carbons (Fsp3) is 0.211. The van der Waals surface area contributed by atoms with Gasteiger partial charge in [0.05, 0.1) is 0 Å². The number of halogens is 2. The standard InChI is InChI=1S/C19H19F2N4O3P/c1-19(2,28-29(26)27)17(18-22-23-24-25(18)3)16(12-4-8-14(20)9-5-12)13-6-10-15(21)11-7-13/h4-11,29H,1-3H3,(H,26,27). The van der Waals surface area contributed by atoms with Crippen molar-refractivity contribution >= 4 is 19.4 Å². The van der Waals surface area contributed by atoms with Crippen molar-refractivity contribution in [1.29, 1.82) is 0 Å². The van der Waals surface area contributed by atoms with Crippen LogP contribution in [0, 0.1) is 11.6 Å². The number of hydrogen-bond donors (Lipinski definition) is 1. The fourth-order valence-electron chi connectivity index (χ4n) is 3.08. The summed E-state index contributed by atoms with van der Waals surface area (Å²) in [5.74, 6) is -0.572. The highest BCUT2D eigenvalue weighted by Gasteiger charge is 2.34. The second-order valence-corrected chi connectivity index (χ2v) is 7.50. The lowest BCUT2D eigenvalue weighted by Crippen LogP contribution is -2.27. The molecule has 1 aromatic heterocycles. The quantitative estimate of drug-likeness (QED) is 0.613. The van der Waals surface area contributed by atoms with E-state index in [1.807, 2.05) is 0 Å². The molecule has 0 radical (unpaired) electrons. The molecule has 0 aliphatic carbocycles. The molecule has 0 spiro atoms. The Morgan fingerprint density at radius 3 is 1.90 bits per heavy atom. The molecule has 3 rings (SSSR count). The lowest BCUT2D eigenvalue weighted by molar-refractivity contribution is 0.161. The highest BCUT2D eigenvalue weighted by atomic mass is 31.1. The molecule has 0 saturated carbocycles. The number of hydrogen-bond acceptors (Lipinski definition) is 5. The van der Waals surface area contributed by atoms with Gasteiger partial charge in [-0.15, -0.1) is 5.10 Å². The first-order chi connectivity index (χ1) is 13.7. The second-order valence-electron chi connectivity index (χ2n) is 6.77. The Kier molecular flexibility index (Phi) is 6.02. The molecule has 2 aromatic carbocycles. The number of benzene rings is 2. The van der Waals surface area contributed by atoms with Gasteiger partial charge in [0.2, 0.25) is 0 Å². The van der Waals surface area contributed by atoms with E-state index in [-0.39, 0.29) is 5.82 Å². The third kappa shape index (κ3) is 4.64. The number of aromatic nitrogens is 4. The third-order valence-corrected chi connectivity index (χ3v) is 4.99. The third-order valence-electron chi connectivity index (χ3n) is 4.30. The Hall–Kier alpha value is -2.74. The van der Waals surface area contributed by atoms with Crippen molar-refractivity contribution in [2.24, 2.45) is 7.05 Å². The lowest BCUT2D eigenvalue weighted by atomic mass is 9.85. The van der Waals surface area contributed by atoms with Crippen LogP contribution in [0.25, 0.3) is 11.1 Å². The molecule has 3 aromatic rings. The van der Waals surface area contributed by atoms with Gasteiger partial charge in [0, 0.05) is 12.6 Å². The first kappa shape index (κ1) is 21.0. The van der Waals surface area contributed by atoms with Gasteiger partial charge in [0.1, 0.15) is 17.2 Å². The Morgan fingerprint density at radius 1 is 1.03 bits per heavy atom. The van der Waals surface area contributed by atoms with Crippen LogP contribution >= 0.6 is 8.25 Å². The minimum atomic E-state index is -3.33. The lowest BCUT2D eigenvalue weighted by Gasteiger charge is -2.29. The molecular weight excluding hydrogens is 401 g/mol. The largest absolute Gasteiger partial charge is 0.326 e. The summed E-state index contributed by atoms with van der Waals surface area (Å²) in [5.41, 5.74) is 0.730. The van der Waals surface area contributed by atoms with E-state index in [9.17, 15) is 18.2 Å². The molecule has 10 heteroatoms. The first-order valence-corrected chi connectivity index (χ1v) is 9.86. The Labute approximate surface area is 166 Å². The summed E-state index contributed by atoms with van der Waals surface area (Å²) in [6.45, 7) is 3.20. The van der Waals surface area contributed by atoms with Crippen LogP contribution in [0.5, 0.6) is 0 Å². The zero-order valence-electron chi connectivity index (χ0n) is 15.9. The molecule has 152 valence electrons. The molecule has 0 fully saturated rings. The molecule has 0 aliphatic rings. The van der Waals surface area contributed by atoms with Crippen molar-refractivity contribution < 1.29 is 22.8 Å². The van der Waals surface area contributed by atoms with Crippen LogP contribution in [0.4, 0.5) is 8.78 Å². The van der Waals surface area contributed by atoms with Gasteiger partial charge in [0.15, 0.2) is 5.82 Å². The van der Waals surface area contributed by atoms with E-state index in [2.05, 4.69) is 15.5 Å². The topological polar surface area (TPSA) is 90.1 Å². The summed E-state index contributed by atoms with van der Waals surface area (Å²) < 4.78 is 45.4. The van der Waals surface area contributed by atoms with Gasteiger partial charge in [-0.2, -0.15) is 0 Å². The van der Waals surface area contributed by atoms with E-state index in [4.69, 9.17) is 4.52 Å². The molecule has 29 heavy (non-hydrogen) atoms. The van der Waals surface area contributed by atoms with Crippen LogP contribution in [0.2, 0.25) is 0 Å². The first-order valence-electron chi connectivity index (χ1n) is 8.60. The maximum Gasteiger partial charge on any atom is 0.317 e. The zero-order valence-corrected chi connectivity index (χ0v) is 16.9. The Morgan fingerprint density at radius 2 is 1.52 bits per heavy atom. The van der Waals surface area contributed by atoms with Crippen molar-refractivity contribution in [2.45, 2.75) is 19.4 Å². The van der Waals surface area contributed by atoms with Crippen molar-refractivity contribution in [2.75, 3.05) is 0 Å². The number of nitrogens with zero attached hydrogens (tertiary/aromatic N) is 4. The number of rotatable bonds is 6. The van der Waals surface area contributed by atoms with Gasteiger partial charge in [-0.05, 0) is 65.2 Å². The van der Waals surface area contributed by atoms with Crippen LogP contribution in [0.15, 0.2) is 48.5 Å². The number of aryl methyl sites for hydroxylation is 1. The SMILES string of the molecule is Cn1nnnc1C(=C(c1ccc(F)cc1)c1ccc(F)cc1)C(C)(C)O[PH](=O)O. The van der Waals surface area contributed by atoms with Crippen LogP contribution in [-0.2, 0) is 16.1 Å². The molecule has 1 heterocycles. The average Bonchev–Trinajstić information content (AvgIpc) is 3.05. The van der Waals surface area contributed by atoms with Gasteiger partial charge in [-0.25, -0.2) is 13.5 Å². The van der Waals surface area contributed by atoms with Gasteiger partial charge >= 0.3 is 8.25 Å². The second kappa shape index (κ2) is 8.32. The molecular formula is C19H19F2N4O3P. The number of tetrazole rings is 1. The van der Waals surface area contributed by atoms with Gasteiger partial charge in [0.25, 0.3) is 0 Å². The monoisotopic (exact) mass is 420 g/mol. The van der Waals surface area contributed by atoms with E-state index < -0.39 is 25.5 Å². The molecule has 0 bridgehead atoms. The molecule has 1 N–H and O–H groups in total. The van der Waals surface area contributed by atoms with Gasteiger partial charge in [-0.3, -0.25) is 9.09 Å². The molecule has 1 unspecified atom stereocenters. The molecule has 1 atom stereocenters. The van der Waals surface area contributed by atoms with Crippen LogP contribution < -0.4 is 0 Å². The van der Waals surface area contributed by atoms with Crippen LogP contribution in [0.3, 0.4) is 0 Å². The highest BCUT2D eigenvalue weighted by Crippen LogP contribution is 2.42. The molecule has 0 amide bonds. The van der Waals surface area contributed by atoms with Gasteiger partial charge < -0.3 is 4.89 Å². The van der Waals surface area contributed by atoms with Crippen molar-refractivity contribution in [3.63, 3.8) is 0 Å². The van der Waals surface area contributed by atoms with E-state index in [1.165, 1.54) is 28.9 Å². The maximum absolute atomic E-state index is 13.6. The van der Waals surface area contributed by atoms with E-state index >= 15 is 0 Å². The maximum atomic E-state index is 13.6. The smallest absolute Gasteiger partial charge is 0.317 e. The van der Waals surface area contributed by atoms with E-state index in [0.29, 0.717) is 22.3 Å². The molecule has 0 aliphatic heterocycles. The fourth-order valence-corrected chi connectivity index (χ4v) is 3.62. The summed E-state index contributed by atoms with van der Waals surface area (Å²) in [4.78, 5) is 9.44. The van der Waals surface area contributed by atoms with Crippen LogP contribution in [0.1, 0.15) is 30.8 Å². The summed E-state index contributed by atoms with van der Waals surface area (Å²) in [6, 6.07) is 11.3. The predicted octanol–water partition coefficient (Wildman–Crippen LogP) is 3.62. The van der Waals surface area contributed by atoms with Crippen molar-refractivity contribution in [3.8, 4) is 0 Å². The van der Waals surface area contributed by atoms with E-state index in [1.54, 1.807) is 45.2 Å². The zero-order chi connectivity index (χ0) is 21.2. The predicted molar refractivity (Wildman–Crippen MR) is 104 cm³/mol. The van der Waals surface area contributed by atoms with Crippen LogP contribution in [-0.4, -0.2) is 30.7 Å². The average molecular weight is 420 g/mol. The minimum absolute atomic E-state index is 0.280. The summed E-state index contributed by atoms with van der Waals surface area (Å²) >= 11 is 0. The minimum Gasteiger partial charge on any atom is -0.326 e. The molecule has 7 nitrogen and oxygen atoms in total. The molecule has 0 saturated heterocycles. The Balaban J connectivity index is 2.41. The normalized spacial score (nSPS) is 12.6. The van der Waals surface area contributed by atoms with Crippen molar-refractivity contribution in [3.05, 3.63) is 77.1 Å².